The van der Waals surface area contributed by atoms with Crippen molar-refractivity contribution in [1.82, 2.24) is 9.55 Å². The SMILES string of the molecule is CC(=O)OC[C@@H]1C[C@@H](OC(C)=O)[C@H](n2cc(C=CI)c(=O)[nH]c2=O)O1. The molecule has 1 aliphatic rings. The second kappa shape index (κ2) is 8.43. The summed E-state index contributed by atoms with van der Waals surface area (Å²) in [7, 11) is 0. The average molecular weight is 464 g/mol. The number of rotatable bonds is 5. The normalized spacial score (nSPS) is 22.9. The molecule has 0 bridgehead atoms. The van der Waals surface area contributed by atoms with Gasteiger partial charge in [0.2, 0.25) is 0 Å². The third-order valence-corrected chi connectivity index (χ3v) is 3.81. The van der Waals surface area contributed by atoms with Crippen molar-refractivity contribution in [2.75, 3.05) is 6.61 Å². The highest BCUT2D eigenvalue weighted by molar-refractivity contribution is 14.1. The number of carbonyl (C=O) groups excluding carboxylic acids is 2. The second-order valence-electron chi connectivity index (χ2n) is 5.38. The number of hydrogen-bond acceptors (Lipinski definition) is 7. The largest absolute Gasteiger partial charge is 0.463 e. The van der Waals surface area contributed by atoms with Crippen LogP contribution in [0, 0.1) is 0 Å². The number of esters is 2. The molecule has 1 fully saturated rings. The van der Waals surface area contributed by atoms with Gasteiger partial charge in [-0.15, -0.1) is 0 Å². The van der Waals surface area contributed by atoms with Gasteiger partial charge in [-0.05, 0) is 10.2 Å². The summed E-state index contributed by atoms with van der Waals surface area (Å²) < 4.78 is 18.6. The van der Waals surface area contributed by atoms with E-state index in [-0.39, 0.29) is 18.6 Å². The first-order valence-corrected chi connectivity index (χ1v) is 8.64. The summed E-state index contributed by atoms with van der Waals surface area (Å²) in [6.07, 6.45) is 0.891. The number of aromatic amines is 1. The zero-order valence-corrected chi connectivity index (χ0v) is 15.7. The van der Waals surface area contributed by atoms with Gasteiger partial charge in [0.25, 0.3) is 5.56 Å². The zero-order valence-electron chi connectivity index (χ0n) is 13.6. The van der Waals surface area contributed by atoms with Gasteiger partial charge < -0.3 is 14.2 Å². The molecule has 0 spiro atoms. The van der Waals surface area contributed by atoms with Crippen LogP contribution in [0.2, 0.25) is 0 Å². The molecule has 0 unspecified atom stereocenters. The van der Waals surface area contributed by atoms with Crippen molar-refractivity contribution in [3.05, 3.63) is 36.7 Å². The summed E-state index contributed by atoms with van der Waals surface area (Å²) in [6.45, 7) is 2.49. The third-order valence-electron chi connectivity index (χ3n) is 3.45. The van der Waals surface area contributed by atoms with E-state index in [0.29, 0.717) is 0 Å². The third kappa shape index (κ3) is 5.01. The Morgan fingerprint density at radius 1 is 1.40 bits per heavy atom. The number of hydrogen-bond donors (Lipinski definition) is 1. The molecule has 10 heteroatoms. The maximum atomic E-state index is 12.2. The minimum atomic E-state index is -0.935. The van der Waals surface area contributed by atoms with Gasteiger partial charge in [-0.3, -0.25) is 23.9 Å². The van der Waals surface area contributed by atoms with Gasteiger partial charge >= 0.3 is 17.6 Å². The van der Waals surface area contributed by atoms with Crippen LogP contribution >= 0.6 is 22.6 Å². The predicted octanol–water partition coefficient (Wildman–Crippen LogP) is 0.725. The molecule has 2 rings (SSSR count). The standard InChI is InChI=1S/C15H17IN2O7/c1-8(19)23-7-11-5-12(24-9(2)20)14(25-11)18-6-10(3-4-16)13(21)17-15(18)22/h3-4,6,11-12,14H,5,7H2,1-2H3,(H,17,21,22)/t11-,12+,14+/m0/s1. The van der Waals surface area contributed by atoms with E-state index < -0.39 is 41.6 Å². The summed E-state index contributed by atoms with van der Waals surface area (Å²) in [4.78, 5) is 48.4. The van der Waals surface area contributed by atoms with Gasteiger partial charge in [-0.1, -0.05) is 22.6 Å². The molecule has 0 aliphatic carbocycles. The number of carbonyl (C=O) groups is 2. The Kier molecular flexibility index (Phi) is 6.53. The Labute approximate surface area is 156 Å². The Morgan fingerprint density at radius 3 is 2.72 bits per heavy atom. The number of H-pyrrole nitrogens is 1. The van der Waals surface area contributed by atoms with Crippen molar-refractivity contribution in [1.29, 1.82) is 0 Å². The van der Waals surface area contributed by atoms with E-state index >= 15 is 0 Å². The fourth-order valence-corrected chi connectivity index (χ4v) is 2.86. The van der Waals surface area contributed by atoms with Gasteiger partial charge in [-0.25, -0.2) is 4.79 Å². The first-order valence-electron chi connectivity index (χ1n) is 7.40. The lowest BCUT2D eigenvalue weighted by Gasteiger charge is -2.20. The average Bonchev–Trinajstić information content (AvgIpc) is 2.90. The lowest BCUT2D eigenvalue weighted by molar-refractivity contribution is -0.153. The first kappa shape index (κ1) is 19.4. The molecular weight excluding hydrogens is 447 g/mol. The Balaban J connectivity index is 2.34. The Bertz CT molecular complexity index is 798. The molecule has 25 heavy (non-hydrogen) atoms. The molecule has 9 nitrogen and oxygen atoms in total. The predicted molar refractivity (Wildman–Crippen MR) is 95.1 cm³/mol. The van der Waals surface area contributed by atoms with Crippen molar-refractivity contribution in [2.24, 2.45) is 0 Å². The Morgan fingerprint density at radius 2 is 2.12 bits per heavy atom. The molecule has 1 aromatic heterocycles. The number of nitrogens with one attached hydrogen (secondary N) is 1. The summed E-state index contributed by atoms with van der Waals surface area (Å²) in [5, 5.41) is 0. The van der Waals surface area contributed by atoms with Gasteiger partial charge in [0, 0.05) is 26.5 Å². The van der Waals surface area contributed by atoms with Crippen LogP contribution < -0.4 is 11.2 Å². The van der Waals surface area contributed by atoms with Crippen LogP contribution in [0.25, 0.3) is 6.08 Å². The highest BCUT2D eigenvalue weighted by Gasteiger charge is 2.40. The molecule has 3 atom stereocenters. The van der Waals surface area contributed by atoms with Crippen LogP contribution in [-0.4, -0.2) is 40.3 Å². The van der Waals surface area contributed by atoms with E-state index in [1.165, 1.54) is 26.1 Å². The monoisotopic (exact) mass is 464 g/mol. The van der Waals surface area contributed by atoms with Crippen molar-refractivity contribution < 1.29 is 23.8 Å². The fraction of sp³-hybridized carbons (Fsp3) is 0.467. The number of nitrogens with zero attached hydrogens (tertiary/aromatic N) is 1. The van der Waals surface area contributed by atoms with Crippen molar-refractivity contribution in [3.8, 4) is 0 Å². The summed E-state index contributed by atoms with van der Waals surface area (Å²) in [5.41, 5.74) is -0.971. The van der Waals surface area contributed by atoms with Gasteiger partial charge in [-0.2, -0.15) is 0 Å². The van der Waals surface area contributed by atoms with Crippen LogP contribution in [0.3, 0.4) is 0 Å². The van der Waals surface area contributed by atoms with E-state index in [1.54, 1.807) is 4.08 Å². The summed E-state index contributed by atoms with van der Waals surface area (Å²) >= 11 is 1.95. The molecule has 1 aliphatic heterocycles. The number of halogens is 1. The minimum Gasteiger partial charge on any atom is -0.463 e. The fourth-order valence-electron chi connectivity index (χ4n) is 2.47. The molecule has 1 N–H and O–H groups in total. The maximum Gasteiger partial charge on any atom is 0.330 e. The van der Waals surface area contributed by atoms with Crippen molar-refractivity contribution in [3.63, 3.8) is 0 Å². The van der Waals surface area contributed by atoms with Crippen LogP contribution in [0.5, 0.6) is 0 Å². The first-order chi connectivity index (χ1) is 11.8. The van der Waals surface area contributed by atoms with Crippen molar-refractivity contribution in [2.45, 2.75) is 38.7 Å². The Hall–Kier alpha value is -1.95. The van der Waals surface area contributed by atoms with E-state index in [4.69, 9.17) is 14.2 Å². The lowest BCUT2D eigenvalue weighted by atomic mass is 10.2. The van der Waals surface area contributed by atoms with Crippen molar-refractivity contribution >= 4 is 40.6 Å². The van der Waals surface area contributed by atoms with Crippen LogP contribution in [0.1, 0.15) is 32.1 Å². The molecule has 0 amide bonds. The lowest BCUT2D eigenvalue weighted by Crippen LogP contribution is -2.37. The topological polar surface area (TPSA) is 117 Å². The molecule has 0 saturated carbocycles. The second-order valence-corrected chi connectivity index (χ2v) is 6.10. The molecule has 136 valence electrons. The maximum absolute atomic E-state index is 12.2. The molecule has 1 saturated heterocycles. The highest BCUT2D eigenvalue weighted by atomic mass is 127. The number of ether oxygens (including phenoxy) is 3. The van der Waals surface area contributed by atoms with Gasteiger partial charge in [0.15, 0.2) is 6.23 Å². The molecular formula is C15H17IN2O7. The van der Waals surface area contributed by atoms with Gasteiger partial charge in [0.1, 0.15) is 12.7 Å². The molecule has 1 aromatic rings. The van der Waals surface area contributed by atoms with E-state index in [2.05, 4.69) is 4.98 Å². The van der Waals surface area contributed by atoms with E-state index in [1.807, 2.05) is 22.6 Å². The smallest absolute Gasteiger partial charge is 0.330 e. The molecule has 0 radical (unpaired) electrons. The van der Waals surface area contributed by atoms with Gasteiger partial charge in [0.05, 0.1) is 11.7 Å². The quantitative estimate of drug-likeness (QED) is 0.505. The molecule has 2 heterocycles. The van der Waals surface area contributed by atoms with E-state index in [0.717, 1.165) is 4.57 Å². The highest BCUT2D eigenvalue weighted by Crippen LogP contribution is 2.30. The van der Waals surface area contributed by atoms with E-state index in [9.17, 15) is 19.2 Å². The summed E-state index contributed by atoms with van der Waals surface area (Å²) in [6, 6.07) is 0. The minimum absolute atomic E-state index is 0.0256. The zero-order chi connectivity index (χ0) is 18.6. The molecule has 0 aromatic carbocycles. The van der Waals surface area contributed by atoms with Crippen LogP contribution in [-0.2, 0) is 23.8 Å². The number of aromatic nitrogens is 2. The van der Waals surface area contributed by atoms with Crippen LogP contribution in [0.4, 0.5) is 0 Å². The van der Waals surface area contributed by atoms with Crippen LogP contribution in [0.15, 0.2) is 19.9 Å². The summed E-state index contributed by atoms with van der Waals surface area (Å²) in [5.74, 6) is -0.997.